The molecule has 0 atom stereocenters. The molecule has 0 fully saturated rings. The summed E-state index contributed by atoms with van der Waals surface area (Å²) in [4.78, 5) is 36.6. The third kappa shape index (κ3) is 3.76. The first-order chi connectivity index (χ1) is 15.5. The number of hydrogen-bond acceptors (Lipinski definition) is 5. The lowest BCUT2D eigenvalue weighted by atomic mass is 10.2. The summed E-state index contributed by atoms with van der Waals surface area (Å²) in [7, 11) is 0. The van der Waals surface area contributed by atoms with Crippen molar-refractivity contribution in [3.8, 4) is 16.3 Å². The molecule has 0 spiro atoms. The molecule has 1 aromatic carbocycles. The molecular formula is C23H20ClN5O2S. The Balaban J connectivity index is 1.31. The zero-order valence-corrected chi connectivity index (χ0v) is 18.9. The van der Waals surface area contributed by atoms with Crippen LogP contribution in [0.4, 0.5) is 0 Å². The van der Waals surface area contributed by atoms with Gasteiger partial charge in [-0.3, -0.25) is 9.59 Å². The van der Waals surface area contributed by atoms with E-state index in [0.29, 0.717) is 42.5 Å². The summed E-state index contributed by atoms with van der Waals surface area (Å²) in [6, 6.07) is 11.0. The van der Waals surface area contributed by atoms with Crippen LogP contribution in [0.15, 0.2) is 59.1 Å². The molecule has 0 unspecified atom stereocenters. The Morgan fingerprint density at radius 3 is 2.75 bits per heavy atom. The molecule has 162 valence electrons. The van der Waals surface area contributed by atoms with E-state index in [4.69, 9.17) is 11.6 Å². The highest BCUT2D eigenvalue weighted by Crippen LogP contribution is 2.30. The lowest BCUT2D eigenvalue weighted by Crippen LogP contribution is -2.45. The second-order valence-corrected chi connectivity index (χ2v) is 8.91. The standard InChI is InChI=1S/C23H20ClN5O2S/c1-15-12-28(14-25-15)19-6-7-20-22(30)27(10-11-29(20)23(19)31)9-8-16-13-32-21(26-16)17-4-2-3-5-18(17)24/h2-7,12-14H,8-11H2,1H3. The Bertz CT molecular complexity index is 1370. The van der Waals surface area contributed by atoms with E-state index in [9.17, 15) is 9.59 Å². The van der Waals surface area contributed by atoms with E-state index in [1.165, 1.54) is 0 Å². The molecule has 1 amide bonds. The van der Waals surface area contributed by atoms with E-state index in [2.05, 4.69) is 9.97 Å². The molecule has 0 N–H and O–H groups in total. The minimum atomic E-state index is -0.184. The lowest BCUT2D eigenvalue weighted by Gasteiger charge is -2.29. The van der Waals surface area contributed by atoms with Crippen molar-refractivity contribution in [2.75, 3.05) is 13.1 Å². The van der Waals surface area contributed by atoms with Crippen LogP contribution in [0.5, 0.6) is 0 Å². The largest absolute Gasteiger partial charge is 0.335 e. The van der Waals surface area contributed by atoms with Gasteiger partial charge in [0.25, 0.3) is 11.5 Å². The number of pyridine rings is 1. The van der Waals surface area contributed by atoms with Gasteiger partial charge in [-0.15, -0.1) is 11.3 Å². The number of hydrogen-bond donors (Lipinski definition) is 0. The highest BCUT2D eigenvalue weighted by atomic mass is 35.5. The van der Waals surface area contributed by atoms with Crippen molar-refractivity contribution in [2.45, 2.75) is 19.9 Å². The average Bonchev–Trinajstić information content (AvgIpc) is 3.43. The molecule has 0 saturated heterocycles. The SMILES string of the molecule is Cc1cn(-c2ccc3n(c2=O)CCN(CCc2csc(-c4ccccc4Cl)n2)C3=O)cn1. The third-order valence-electron chi connectivity index (χ3n) is 5.54. The fraction of sp³-hybridized carbons (Fsp3) is 0.217. The fourth-order valence-corrected chi connectivity index (χ4v) is 5.03. The number of amides is 1. The summed E-state index contributed by atoms with van der Waals surface area (Å²) >= 11 is 7.82. The monoisotopic (exact) mass is 465 g/mol. The number of nitrogens with zero attached hydrogens (tertiary/aromatic N) is 5. The predicted molar refractivity (Wildman–Crippen MR) is 125 cm³/mol. The van der Waals surface area contributed by atoms with Crippen LogP contribution in [-0.4, -0.2) is 43.0 Å². The maximum absolute atomic E-state index is 13.0. The number of halogens is 1. The zero-order valence-electron chi connectivity index (χ0n) is 17.4. The van der Waals surface area contributed by atoms with E-state index >= 15 is 0 Å². The molecule has 0 aliphatic carbocycles. The number of imidazole rings is 1. The van der Waals surface area contributed by atoms with Crippen LogP contribution in [0.3, 0.4) is 0 Å². The minimum Gasteiger partial charge on any atom is -0.335 e. The number of aryl methyl sites for hydroxylation is 1. The van der Waals surface area contributed by atoms with Crippen molar-refractivity contribution >= 4 is 28.8 Å². The highest BCUT2D eigenvalue weighted by molar-refractivity contribution is 7.13. The van der Waals surface area contributed by atoms with Gasteiger partial charge < -0.3 is 14.0 Å². The average molecular weight is 466 g/mol. The molecular weight excluding hydrogens is 446 g/mol. The number of carbonyl (C=O) groups is 1. The van der Waals surface area contributed by atoms with E-state index in [0.717, 1.165) is 22.0 Å². The van der Waals surface area contributed by atoms with Gasteiger partial charge in [0, 0.05) is 43.2 Å². The van der Waals surface area contributed by atoms with Gasteiger partial charge in [-0.2, -0.15) is 0 Å². The number of benzene rings is 1. The molecule has 0 saturated carbocycles. The summed E-state index contributed by atoms with van der Waals surface area (Å²) in [6.45, 7) is 3.36. The number of fused-ring (bicyclic) bond motifs is 1. The van der Waals surface area contributed by atoms with Crippen LogP contribution in [-0.2, 0) is 13.0 Å². The van der Waals surface area contributed by atoms with E-state index in [1.807, 2.05) is 36.6 Å². The van der Waals surface area contributed by atoms with Gasteiger partial charge in [-0.05, 0) is 25.1 Å². The molecule has 4 aromatic rings. The molecule has 3 aromatic heterocycles. The number of carbonyl (C=O) groups excluding carboxylic acids is 1. The van der Waals surface area contributed by atoms with Gasteiger partial charge in [-0.1, -0.05) is 29.8 Å². The topological polar surface area (TPSA) is 73.0 Å². The Labute approximate surface area is 193 Å². The number of rotatable bonds is 5. The minimum absolute atomic E-state index is 0.136. The van der Waals surface area contributed by atoms with Crippen LogP contribution in [0.1, 0.15) is 21.9 Å². The second-order valence-electron chi connectivity index (χ2n) is 7.65. The highest BCUT2D eigenvalue weighted by Gasteiger charge is 2.26. The molecule has 5 rings (SSSR count). The quantitative estimate of drug-likeness (QED) is 0.449. The van der Waals surface area contributed by atoms with Crippen molar-refractivity contribution in [1.82, 2.24) is 24.0 Å². The number of thiazole rings is 1. The zero-order chi connectivity index (χ0) is 22.2. The van der Waals surface area contributed by atoms with E-state index in [-0.39, 0.29) is 11.5 Å². The van der Waals surface area contributed by atoms with Crippen LogP contribution >= 0.6 is 22.9 Å². The summed E-state index contributed by atoms with van der Waals surface area (Å²) in [5.41, 5.74) is 3.39. The van der Waals surface area contributed by atoms with Crippen molar-refractivity contribution < 1.29 is 4.79 Å². The van der Waals surface area contributed by atoms with Crippen LogP contribution in [0, 0.1) is 6.92 Å². The van der Waals surface area contributed by atoms with Gasteiger partial charge in [0.15, 0.2) is 0 Å². The number of aromatic nitrogens is 4. The first kappa shape index (κ1) is 20.7. The van der Waals surface area contributed by atoms with Gasteiger partial charge in [0.05, 0.1) is 22.7 Å². The summed E-state index contributed by atoms with van der Waals surface area (Å²) in [6.07, 6.45) is 4.05. The van der Waals surface area contributed by atoms with Gasteiger partial charge in [0.1, 0.15) is 16.4 Å². The molecule has 1 aliphatic rings. The fourth-order valence-electron chi connectivity index (χ4n) is 3.85. The molecule has 4 heterocycles. The Morgan fingerprint density at radius 2 is 1.97 bits per heavy atom. The first-order valence-electron chi connectivity index (χ1n) is 10.2. The Hall–Kier alpha value is -3.23. The summed E-state index contributed by atoms with van der Waals surface area (Å²) in [5.74, 6) is -0.136. The molecule has 0 bridgehead atoms. The molecule has 1 aliphatic heterocycles. The summed E-state index contributed by atoms with van der Waals surface area (Å²) < 4.78 is 3.25. The van der Waals surface area contributed by atoms with E-state index in [1.54, 1.807) is 50.0 Å². The Morgan fingerprint density at radius 1 is 1.12 bits per heavy atom. The van der Waals surface area contributed by atoms with Crippen LogP contribution in [0.25, 0.3) is 16.3 Å². The molecule has 7 nitrogen and oxygen atoms in total. The maximum Gasteiger partial charge on any atom is 0.275 e. The van der Waals surface area contributed by atoms with Crippen LogP contribution in [0.2, 0.25) is 5.02 Å². The van der Waals surface area contributed by atoms with Gasteiger partial charge >= 0.3 is 0 Å². The molecule has 32 heavy (non-hydrogen) atoms. The van der Waals surface area contributed by atoms with Gasteiger partial charge in [-0.25, -0.2) is 9.97 Å². The smallest absolute Gasteiger partial charge is 0.275 e. The van der Waals surface area contributed by atoms with Crippen molar-refractivity contribution in [1.29, 1.82) is 0 Å². The van der Waals surface area contributed by atoms with Crippen molar-refractivity contribution in [3.05, 3.63) is 86.8 Å². The normalized spacial score (nSPS) is 13.4. The first-order valence-corrected chi connectivity index (χ1v) is 11.5. The van der Waals surface area contributed by atoms with Crippen molar-refractivity contribution in [2.24, 2.45) is 0 Å². The maximum atomic E-state index is 13.0. The lowest BCUT2D eigenvalue weighted by molar-refractivity contribution is 0.0702. The van der Waals surface area contributed by atoms with Gasteiger partial charge in [0.2, 0.25) is 0 Å². The van der Waals surface area contributed by atoms with Crippen molar-refractivity contribution in [3.63, 3.8) is 0 Å². The predicted octanol–water partition coefficient (Wildman–Crippen LogP) is 3.82. The Kier molecular flexibility index (Phi) is 5.40. The third-order valence-corrected chi connectivity index (χ3v) is 6.79. The second kappa shape index (κ2) is 8.37. The summed E-state index contributed by atoms with van der Waals surface area (Å²) in [5, 5.41) is 3.55. The van der Waals surface area contributed by atoms with Crippen LogP contribution < -0.4 is 5.56 Å². The van der Waals surface area contributed by atoms with E-state index < -0.39 is 0 Å². The molecule has 0 radical (unpaired) electrons. The molecule has 9 heteroatoms.